The number of benzene rings is 7. The molecule has 0 N–H and O–H groups in total. The SMILES string of the molecule is CCc1cc(-n2c3ccccc3c3ccc(-c4ccccc4CC)c(C)c32)ccc1-c1ccccc1-c1nc(-c2ccccc2)nc(-c2ccccc2)n1. The molecule has 0 unspecified atom stereocenters. The maximum Gasteiger partial charge on any atom is 0.164 e. The zero-order valence-electron chi connectivity index (χ0n) is 30.8. The molecule has 4 heteroatoms. The van der Waals surface area contributed by atoms with Crippen molar-refractivity contribution in [1.82, 2.24) is 19.5 Å². The van der Waals surface area contributed by atoms with E-state index in [0.717, 1.165) is 40.8 Å². The van der Waals surface area contributed by atoms with E-state index in [4.69, 9.17) is 15.0 Å². The van der Waals surface area contributed by atoms with Gasteiger partial charge in [0, 0.05) is 33.2 Å². The van der Waals surface area contributed by atoms with Crippen molar-refractivity contribution in [3.05, 3.63) is 180 Å². The van der Waals surface area contributed by atoms with Gasteiger partial charge in [-0.1, -0.05) is 159 Å². The predicted molar refractivity (Wildman–Crippen MR) is 225 cm³/mol. The van der Waals surface area contributed by atoms with Gasteiger partial charge >= 0.3 is 0 Å². The normalized spacial score (nSPS) is 11.4. The number of aryl methyl sites for hydroxylation is 3. The lowest BCUT2D eigenvalue weighted by atomic mass is 9.92. The van der Waals surface area contributed by atoms with E-state index in [9.17, 15) is 0 Å². The van der Waals surface area contributed by atoms with Crippen LogP contribution in [0.25, 0.3) is 83.9 Å². The smallest absolute Gasteiger partial charge is 0.164 e. The number of hydrogen-bond donors (Lipinski definition) is 0. The largest absolute Gasteiger partial charge is 0.309 e. The van der Waals surface area contributed by atoms with E-state index in [-0.39, 0.29) is 0 Å². The molecule has 0 bridgehead atoms. The Kier molecular flexibility index (Phi) is 8.64. The predicted octanol–water partition coefficient (Wildman–Crippen LogP) is 12.7. The fourth-order valence-corrected chi connectivity index (χ4v) is 7.99. The van der Waals surface area contributed by atoms with Gasteiger partial charge in [0.1, 0.15) is 0 Å². The third kappa shape index (κ3) is 5.77. The molecule has 9 rings (SSSR count). The lowest BCUT2D eigenvalue weighted by Gasteiger charge is -2.18. The first-order valence-electron chi connectivity index (χ1n) is 18.8. The molecule has 260 valence electrons. The van der Waals surface area contributed by atoms with Crippen molar-refractivity contribution in [3.63, 3.8) is 0 Å². The van der Waals surface area contributed by atoms with Crippen molar-refractivity contribution in [1.29, 1.82) is 0 Å². The van der Waals surface area contributed by atoms with Gasteiger partial charge < -0.3 is 4.57 Å². The Morgan fingerprint density at radius 1 is 0.426 bits per heavy atom. The Balaban J connectivity index is 1.22. The number of fused-ring (bicyclic) bond motifs is 3. The summed E-state index contributed by atoms with van der Waals surface area (Å²) in [5, 5.41) is 2.53. The molecule has 0 aliphatic heterocycles. The van der Waals surface area contributed by atoms with Crippen LogP contribution in [0.3, 0.4) is 0 Å². The topological polar surface area (TPSA) is 43.6 Å². The Morgan fingerprint density at radius 3 is 1.65 bits per heavy atom. The van der Waals surface area contributed by atoms with Gasteiger partial charge in [0.25, 0.3) is 0 Å². The van der Waals surface area contributed by atoms with Crippen LogP contribution in [0.4, 0.5) is 0 Å². The minimum absolute atomic E-state index is 0.655. The van der Waals surface area contributed by atoms with Crippen LogP contribution in [0.5, 0.6) is 0 Å². The first-order chi connectivity index (χ1) is 26.6. The highest BCUT2D eigenvalue weighted by Crippen LogP contribution is 2.41. The van der Waals surface area contributed by atoms with E-state index in [0.29, 0.717) is 17.5 Å². The summed E-state index contributed by atoms with van der Waals surface area (Å²) in [7, 11) is 0. The molecule has 9 aromatic rings. The molecular weight excluding hydrogens is 657 g/mol. The summed E-state index contributed by atoms with van der Waals surface area (Å²) < 4.78 is 2.47. The Morgan fingerprint density at radius 2 is 0.963 bits per heavy atom. The maximum absolute atomic E-state index is 5.10. The van der Waals surface area contributed by atoms with E-state index in [1.165, 1.54) is 55.2 Å². The molecule has 0 aliphatic carbocycles. The van der Waals surface area contributed by atoms with Gasteiger partial charge in [-0.2, -0.15) is 0 Å². The lowest BCUT2D eigenvalue weighted by molar-refractivity contribution is 1.07. The van der Waals surface area contributed by atoms with Gasteiger partial charge in [0.2, 0.25) is 0 Å². The molecule has 0 aliphatic rings. The summed E-state index contributed by atoms with van der Waals surface area (Å²) in [5.41, 5.74) is 15.3. The highest BCUT2D eigenvalue weighted by atomic mass is 15.0. The Hall–Kier alpha value is -6.65. The van der Waals surface area contributed by atoms with Crippen LogP contribution < -0.4 is 0 Å². The van der Waals surface area contributed by atoms with Crippen molar-refractivity contribution in [2.75, 3.05) is 0 Å². The minimum atomic E-state index is 0.655. The van der Waals surface area contributed by atoms with Crippen LogP contribution >= 0.6 is 0 Å². The minimum Gasteiger partial charge on any atom is -0.309 e. The van der Waals surface area contributed by atoms with Crippen molar-refractivity contribution in [3.8, 4) is 62.1 Å². The Bertz CT molecular complexity index is 2740. The van der Waals surface area contributed by atoms with Gasteiger partial charge in [0.15, 0.2) is 17.5 Å². The molecule has 0 spiro atoms. The third-order valence-electron chi connectivity index (χ3n) is 10.7. The third-order valence-corrected chi connectivity index (χ3v) is 10.7. The summed E-state index contributed by atoms with van der Waals surface area (Å²) in [6.07, 6.45) is 1.86. The number of para-hydroxylation sites is 1. The standard InChI is InChI=1S/C50H40N4/c1-4-34-18-12-13-23-40(34)39-30-31-44-43-25-16-17-27-46(43)54(47(44)33(39)3)38-28-29-41(35(5-2)32-38)42-24-14-15-26-45(42)50-52-48(36-19-8-6-9-20-36)51-49(53-50)37-21-10-7-11-22-37/h6-32H,4-5H2,1-3H3. The van der Waals surface area contributed by atoms with Gasteiger partial charge in [-0.05, 0) is 76.9 Å². The van der Waals surface area contributed by atoms with E-state index in [1.807, 2.05) is 36.4 Å². The fraction of sp³-hybridized carbons (Fsp3) is 0.100. The molecule has 0 amide bonds. The van der Waals surface area contributed by atoms with Crippen LogP contribution in [0, 0.1) is 6.92 Å². The highest BCUT2D eigenvalue weighted by Gasteiger charge is 2.20. The summed E-state index contributed by atoms with van der Waals surface area (Å²) >= 11 is 0. The molecule has 0 saturated heterocycles. The number of hydrogen-bond acceptors (Lipinski definition) is 3. The van der Waals surface area contributed by atoms with Gasteiger partial charge in [-0.15, -0.1) is 0 Å². The van der Waals surface area contributed by atoms with Crippen LogP contribution in [-0.2, 0) is 12.8 Å². The molecule has 0 radical (unpaired) electrons. The van der Waals surface area contributed by atoms with Crippen molar-refractivity contribution in [2.24, 2.45) is 0 Å². The molecule has 54 heavy (non-hydrogen) atoms. The van der Waals surface area contributed by atoms with Crippen molar-refractivity contribution < 1.29 is 0 Å². The van der Waals surface area contributed by atoms with Crippen LogP contribution in [0.2, 0.25) is 0 Å². The number of rotatable bonds is 8. The number of nitrogens with zero attached hydrogens (tertiary/aromatic N) is 4. The molecule has 0 saturated carbocycles. The molecule has 2 heterocycles. The first-order valence-corrected chi connectivity index (χ1v) is 18.8. The molecule has 0 fully saturated rings. The second kappa shape index (κ2) is 14.1. The van der Waals surface area contributed by atoms with E-state index < -0.39 is 0 Å². The Labute approximate surface area is 316 Å². The van der Waals surface area contributed by atoms with Crippen molar-refractivity contribution in [2.45, 2.75) is 33.6 Å². The zero-order chi connectivity index (χ0) is 36.6. The van der Waals surface area contributed by atoms with E-state index in [1.54, 1.807) is 0 Å². The molecule has 7 aromatic carbocycles. The second-order valence-corrected chi connectivity index (χ2v) is 13.8. The highest BCUT2D eigenvalue weighted by molar-refractivity contribution is 6.11. The fourth-order valence-electron chi connectivity index (χ4n) is 7.99. The van der Waals surface area contributed by atoms with Gasteiger partial charge in [-0.3, -0.25) is 0 Å². The monoisotopic (exact) mass is 696 g/mol. The van der Waals surface area contributed by atoms with Gasteiger partial charge in [-0.25, -0.2) is 15.0 Å². The molecular formula is C50H40N4. The summed E-state index contributed by atoms with van der Waals surface area (Å²) in [4.78, 5) is 15.1. The van der Waals surface area contributed by atoms with E-state index in [2.05, 4.69) is 153 Å². The molecule has 2 aromatic heterocycles. The summed E-state index contributed by atoms with van der Waals surface area (Å²) in [6, 6.07) is 58.0. The zero-order valence-corrected chi connectivity index (χ0v) is 30.8. The van der Waals surface area contributed by atoms with Crippen molar-refractivity contribution >= 4 is 21.8 Å². The van der Waals surface area contributed by atoms with Crippen LogP contribution in [-0.4, -0.2) is 19.5 Å². The number of aromatic nitrogens is 4. The average molecular weight is 697 g/mol. The maximum atomic E-state index is 5.10. The first kappa shape index (κ1) is 33.2. The van der Waals surface area contributed by atoms with Crippen LogP contribution in [0.15, 0.2) is 164 Å². The summed E-state index contributed by atoms with van der Waals surface area (Å²) in [6.45, 7) is 6.76. The van der Waals surface area contributed by atoms with Crippen LogP contribution in [0.1, 0.15) is 30.5 Å². The quantitative estimate of drug-likeness (QED) is 0.159. The second-order valence-electron chi connectivity index (χ2n) is 13.8. The van der Waals surface area contributed by atoms with E-state index >= 15 is 0 Å². The molecule has 0 atom stereocenters. The lowest BCUT2D eigenvalue weighted by Crippen LogP contribution is -2.02. The summed E-state index contributed by atoms with van der Waals surface area (Å²) in [5.74, 6) is 1.97. The molecule has 4 nitrogen and oxygen atoms in total. The van der Waals surface area contributed by atoms with Gasteiger partial charge in [0.05, 0.1) is 11.0 Å². The average Bonchev–Trinajstić information content (AvgIpc) is 3.59.